The third-order valence-electron chi connectivity index (χ3n) is 1.25. The Labute approximate surface area is 80.1 Å². The summed E-state index contributed by atoms with van der Waals surface area (Å²) in [5, 5.41) is 0. The van der Waals surface area contributed by atoms with Crippen LogP contribution in [0.2, 0.25) is 0 Å². The lowest BCUT2D eigenvalue weighted by molar-refractivity contribution is 0.336. The number of ether oxygens (including phenoxy) is 1. The van der Waals surface area contributed by atoms with Crippen molar-refractivity contribution < 1.29 is 4.74 Å². The Morgan fingerprint density at radius 1 is 1.55 bits per heavy atom. The molecule has 0 aliphatic carbocycles. The molecule has 2 nitrogen and oxygen atoms in total. The van der Waals surface area contributed by atoms with Crippen LogP contribution < -0.4 is 4.74 Å². The first kappa shape index (κ1) is 8.77. The highest BCUT2D eigenvalue weighted by molar-refractivity contribution is 14.1. The molecule has 1 rings (SSSR count). The summed E-state index contributed by atoms with van der Waals surface area (Å²) < 4.78 is 6.26. The maximum absolute atomic E-state index is 5.32. The van der Waals surface area contributed by atoms with Crippen LogP contribution in [0.1, 0.15) is 12.6 Å². The van der Waals surface area contributed by atoms with Crippen LogP contribution in [-0.2, 0) is 0 Å². The molecule has 0 spiro atoms. The average molecular weight is 263 g/mol. The molecule has 0 unspecified atom stereocenters. The molecule has 0 aliphatic rings. The van der Waals surface area contributed by atoms with Gasteiger partial charge < -0.3 is 4.74 Å². The van der Waals surface area contributed by atoms with Gasteiger partial charge in [0.05, 0.1) is 6.61 Å². The minimum absolute atomic E-state index is 0.695. The lowest BCUT2D eigenvalue weighted by Crippen LogP contribution is -1.96. The van der Waals surface area contributed by atoms with Crippen molar-refractivity contribution in [2.24, 2.45) is 0 Å². The van der Waals surface area contributed by atoms with E-state index in [9.17, 15) is 0 Å². The van der Waals surface area contributed by atoms with Gasteiger partial charge in [-0.2, -0.15) is 0 Å². The molecule has 0 fully saturated rings. The van der Waals surface area contributed by atoms with Crippen LogP contribution in [-0.4, -0.2) is 11.6 Å². The number of aryl methyl sites for hydroxylation is 1. The predicted molar refractivity (Wildman–Crippen MR) is 52.9 cm³/mol. The Morgan fingerprint density at radius 2 is 2.27 bits per heavy atom. The summed E-state index contributed by atoms with van der Waals surface area (Å²) in [6, 6.07) is 3.90. The zero-order valence-corrected chi connectivity index (χ0v) is 8.75. The van der Waals surface area contributed by atoms with Gasteiger partial charge in [0.25, 0.3) is 0 Å². The molecule has 1 aromatic rings. The smallest absolute Gasteiger partial charge is 0.151 e. The van der Waals surface area contributed by atoms with Crippen LogP contribution in [0.25, 0.3) is 0 Å². The summed E-state index contributed by atoms with van der Waals surface area (Å²) in [4.78, 5) is 4.25. The van der Waals surface area contributed by atoms with Gasteiger partial charge in [0.15, 0.2) is 5.75 Å². The molecule has 0 amide bonds. The Kier molecular flexibility index (Phi) is 3.11. The Balaban J connectivity index is 2.90. The molecular weight excluding hydrogens is 253 g/mol. The quantitative estimate of drug-likeness (QED) is 0.603. The van der Waals surface area contributed by atoms with E-state index in [1.165, 1.54) is 0 Å². The van der Waals surface area contributed by atoms with E-state index in [2.05, 4.69) is 27.6 Å². The monoisotopic (exact) mass is 263 g/mol. The standard InChI is InChI=1S/C8H10INO/c1-3-11-7-5-4-6(2)10-8(7)9/h4-5H,3H2,1-2H3. The van der Waals surface area contributed by atoms with Gasteiger partial charge in [0, 0.05) is 5.69 Å². The predicted octanol–water partition coefficient (Wildman–Crippen LogP) is 2.39. The molecule has 0 N–H and O–H groups in total. The second kappa shape index (κ2) is 3.90. The van der Waals surface area contributed by atoms with Gasteiger partial charge in [0.2, 0.25) is 0 Å². The van der Waals surface area contributed by atoms with Gasteiger partial charge in [0.1, 0.15) is 3.70 Å². The molecule has 0 aromatic carbocycles. The fraction of sp³-hybridized carbons (Fsp3) is 0.375. The fourth-order valence-electron chi connectivity index (χ4n) is 0.775. The summed E-state index contributed by atoms with van der Waals surface area (Å²) in [6.07, 6.45) is 0. The molecule has 11 heavy (non-hydrogen) atoms. The second-order valence-corrected chi connectivity index (χ2v) is 3.20. The first-order valence-corrected chi connectivity index (χ1v) is 4.58. The van der Waals surface area contributed by atoms with Gasteiger partial charge in [-0.25, -0.2) is 4.98 Å². The van der Waals surface area contributed by atoms with E-state index in [-0.39, 0.29) is 0 Å². The van der Waals surface area contributed by atoms with E-state index in [4.69, 9.17) is 4.74 Å². The van der Waals surface area contributed by atoms with Crippen LogP contribution in [0.15, 0.2) is 12.1 Å². The largest absolute Gasteiger partial charge is 0.491 e. The van der Waals surface area contributed by atoms with Crippen molar-refractivity contribution in [1.29, 1.82) is 0 Å². The van der Waals surface area contributed by atoms with Crippen molar-refractivity contribution in [1.82, 2.24) is 4.98 Å². The minimum atomic E-state index is 0.695. The highest BCUT2D eigenvalue weighted by Crippen LogP contribution is 2.18. The Hall–Kier alpha value is -0.320. The summed E-state index contributed by atoms with van der Waals surface area (Å²) in [7, 11) is 0. The number of hydrogen-bond acceptors (Lipinski definition) is 2. The van der Waals surface area contributed by atoms with Crippen LogP contribution >= 0.6 is 22.6 Å². The third kappa shape index (κ3) is 2.32. The molecule has 0 bridgehead atoms. The van der Waals surface area contributed by atoms with Gasteiger partial charge in [-0.1, -0.05) is 0 Å². The van der Waals surface area contributed by atoms with E-state index >= 15 is 0 Å². The first-order valence-electron chi connectivity index (χ1n) is 3.50. The van der Waals surface area contributed by atoms with Crippen molar-refractivity contribution in [2.75, 3.05) is 6.61 Å². The van der Waals surface area contributed by atoms with Crippen molar-refractivity contribution in [3.63, 3.8) is 0 Å². The molecular formula is C8H10INO. The zero-order valence-electron chi connectivity index (χ0n) is 6.60. The highest BCUT2D eigenvalue weighted by atomic mass is 127. The fourth-order valence-corrected chi connectivity index (χ4v) is 1.49. The Morgan fingerprint density at radius 3 is 2.82 bits per heavy atom. The van der Waals surface area contributed by atoms with Gasteiger partial charge in [-0.15, -0.1) is 0 Å². The maximum atomic E-state index is 5.32. The maximum Gasteiger partial charge on any atom is 0.151 e. The molecule has 0 atom stereocenters. The van der Waals surface area contributed by atoms with Crippen LogP contribution in [0.4, 0.5) is 0 Å². The molecule has 1 heterocycles. The van der Waals surface area contributed by atoms with Gasteiger partial charge in [-0.3, -0.25) is 0 Å². The number of halogens is 1. The molecule has 0 saturated heterocycles. The van der Waals surface area contributed by atoms with E-state index < -0.39 is 0 Å². The Bertz CT molecular complexity index is 250. The minimum Gasteiger partial charge on any atom is -0.491 e. The van der Waals surface area contributed by atoms with Crippen LogP contribution in [0.3, 0.4) is 0 Å². The lowest BCUT2D eigenvalue weighted by atomic mass is 10.4. The molecule has 0 aliphatic heterocycles. The average Bonchev–Trinajstić information content (AvgIpc) is 1.95. The second-order valence-electron chi connectivity index (χ2n) is 2.17. The van der Waals surface area contributed by atoms with Gasteiger partial charge >= 0.3 is 0 Å². The zero-order chi connectivity index (χ0) is 8.27. The number of aromatic nitrogens is 1. The first-order chi connectivity index (χ1) is 5.24. The summed E-state index contributed by atoms with van der Waals surface area (Å²) in [5.74, 6) is 0.874. The van der Waals surface area contributed by atoms with E-state index in [0.717, 1.165) is 15.1 Å². The van der Waals surface area contributed by atoms with Crippen molar-refractivity contribution in [3.8, 4) is 5.75 Å². The highest BCUT2D eigenvalue weighted by Gasteiger charge is 1.99. The third-order valence-corrected chi connectivity index (χ3v) is 2.03. The summed E-state index contributed by atoms with van der Waals surface area (Å²) in [5.41, 5.74) is 1.03. The van der Waals surface area contributed by atoms with Crippen molar-refractivity contribution in [2.45, 2.75) is 13.8 Å². The number of pyridine rings is 1. The number of hydrogen-bond donors (Lipinski definition) is 0. The van der Waals surface area contributed by atoms with E-state index in [1.807, 2.05) is 26.0 Å². The topological polar surface area (TPSA) is 22.1 Å². The number of nitrogens with zero attached hydrogens (tertiary/aromatic N) is 1. The van der Waals surface area contributed by atoms with Gasteiger partial charge in [-0.05, 0) is 48.6 Å². The molecule has 60 valence electrons. The molecule has 1 aromatic heterocycles. The summed E-state index contributed by atoms with van der Waals surface area (Å²) >= 11 is 2.17. The van der Waals surface area contributed by atoms with E-state index in [0.29, 0.717) is 6.61 Å². The SMILES string of the molecule is CCOc1ccc(C)nc1I. The van der Waals surface area contributed by atoms with Crippen molar-refractivity contribution in [3.05, 3.63) is 21.5 Å². The molecule has 0 radical (unpaired) electrons. The number of rotatable bonds is 2. The van der Waals surface area contributed by atoms with Crippen molar-refractivity contribution >= 4 is 22.6 Å². The summed E-state index contributed by atoms with van der Waals surface area (Å²) in [6.45, 7) is 4.63. The lowest BCUT2D eigenvalue weighted by Gasteiger charge is -2.04. The molecule has 0 saturated carbocycles. The van der Waals surface area contributed by atoms with Crippen LogP contribution in [0, 0.1) is 10.6 Å². The van der Waals surface area contributed by atoms with E-state index in [1.54, 1.807) is 0 Å². The molecule has 3 heteroatoms. The normalized spacial score (nSPS) is 9.73. The van der Waals surface area contributed by atoms with Crippen LogP contribution in [0.5, 0.6) is 5.75 Å².